The lowest BCUT2D eigenvalue weighted by Crippen LogP contribution is -2.38. The van der Waals surface area contributed by atoms with Crippen LogP contribution in [0.15, 0.2) is 41.8 Å². The van der Waals surface area contributed by atoms with E-state index in [1.807, 2.05) is 53.4 Å². The van der Waals surface area contributed by atoms with Gasteiger partial charge < -0.3 is 19.5 Å². The van der Waals surface area contributed by atoms with Crippen LogP contribution in [0.5, 0.6) is 5.75 Å². The second-order valence-corrected chi connectivity index (χ2v) is 6.99. The molecular weight excluding hydrogens is 350 g/mol. The van der Waals surface area contributed by atoms with Crippen LogP contribution in [0.2, 0.25) is 0 Å². The lowest BCUT2D eigenvalue weighted by Gasteiger charge is -2.18. The maximum absolute atomic E-state index is 12.4. The summed E-state index contributed by atoms with van der Waals surface area (Å²) in [5.74, 6) is 0.379. The number of rotatable bonds is 6. The average Bonchev–Trinajstić information content (AvgIpc) is 3.23. The second-order valence-electron chi connectivity index (χ2n) is 6.04. The summed E-state index contributed by atoms with van der Waals surface area (Å²) >= 11 is 1.59. The summed E-state index contributed by atoms with van der Waals surface area (Å²) in [6.45, 7) is 0.433. The molecule has 0 fully saturated rings. The third-order valence-electron chi connectivity index (χ3n) is 4.30. The zero-order chi connectivity index (χ0) is 18.7. The van der Waals surface area contributed by atoms with Gasteiger partial charge in [0, 0.05) is 20.6 Å². The van der Waals surface area contributed by atoms with E-state index in [1.54, 1.807) is 30.4 Å². The summed E-state index contributed by atoms with van der Waals surface area (Å²) < 4.78 is 8.02. The van der Waals surface area contributed by atoms with E-state index in [2.05, 4.69) is 5.32 Å². The molecule has 6 nitrogen and oxygen atoms in total. The number of likely N-dealkylation sites (N-methyl/N-ethyl adjacent to an activating group) is 1. The summed E-state index contributed by atoms with van der Waals surface area (Å²) in [5, 5.41) is 4.70. The predicted octanol–water partition coefficient (Wildman–Crippen LogP) is 2.64. The quantitative estimate of drug-likeness (QED) is 0.725. The third kappa shape index (κ3) is 3.72. The normalized spacial score (nSPS) is 10.7. The highest BCUT2D eigenvalue weighted by Crippen LogP contribution is 2.24. The van der Waals surface area contributed by atoms with E-state index < -0.39 is 0 Å². The van der Waals surface area contributed by atoms with Gasteiger partial charge in [-0.15, -0.1) is 11.3 Å². The molecule has 0 radical (unpaired) electrons. The van der Waals surface area contributed by atoms with Crippen molar-refractivity contribution in [3.05, 3.63) is 53.0 Å². The van der Waals surface area contributed by atoms with Gasteiger partial charge in [-0.25, -0.2) is 0 Å². The Bertz CT molecular complexity index is 927. The van der Waals surface area contributed by atoms with Crippen molar-refractivity contribution in [2.45, 2.75) is 6.54 Å². The van der Waals surface area contributed by atoms with Gasteiger partial charge in [0.1, 0.15) is 11.4 Å². The molecule has 136 valence electrons. The molecule has 2 aromatic heterocycles. The number of hydrogen-bond acceptors (Lipinski definition) is 4. The maximum atomic E-state index is 12.4. The maximum Gasteiger partial charge on any atom is 0.268 e. The Hall–Kier alpha value is -2.80. The number of ether oxygens (including phenoxy) is 1. The first kappa shape index (κ1) is 18.0. The standard InChI is InChI=1S/C19H21N3O3S/c1-21(12-13-4-6-14(25-3)7-5-13)18(23)11-20-19(24)16-10-17-15(22(16)2)8-9-26-17/h4-10H,11-12H2,1-3H3,(H,20,24). The van der Waals surface area contributed by atoms with Crippen LogP contribution in [0.4, 0.5) is 0 Å². The summed E-state index contributed by atoms with van der Waals surface area (Å²) in [7, 11) is 5.18. The Morgan fingerprint density at radius 3 is 2.62 bits per heavy atom. The SMILES string of the molecule is COc1ccc(CN(C)C(=O)CNC(=O)c2cc3sccc3n2C)cc1. The molecule has 1 aromatic carbocycles. The Labute approximate surface area is 156 Å². The monoisotopic (exact) mass is 371 g/mol. The van der Waals surface area contributed by atoms with Crippen LogP contribution in [0.25, 0.3) is 10.2 Å². The topological polar surface area (TPSA) is 63.6 Å². The number of aryl methyl sites for hydroxylation is 1. The predicted molar refractivity (Wildman–Crippen MR) is 103 cm³/mol. The van der Waals surface area contributed by atoms with Gasteiger partial charge in [-0.05, 0) is 35.2 Å². The van der Waals surface area contributed by atoms with Crippen molar-refractivity contribution in [3.8, 4) is 5.75 Å². The van der Waals surface area contributed by atoms with Gasteiger partial charge in [0.2, 0.25) is 5.91 Å². The van der Waals surface area contributed by atoms with E-state index in [9.17, 15) is 9.59 Å². The molecule has 7 heteroatoms. The number of benzene rings is 1. The van der Waals surface area contributed by atoms with Gasteiger partial charge >= 0.3 is 0 Å². The van der Waals surface area contributed by atoms with Gasteiger partial charge in [0.15, 0.2) is 0 Å². The number of amides is 2. The molecule has 26 heavy (non-hydrogen) atoms. The number of hydrogen-bond donors (Lipinski definition) is 1. The average molecular weight is 371 g/mol. The molecule has 3 aromatic rings. The van der Waals surface area contributed by atoms with E-state index in [4.69, 9.17) is 4.74 Å². The highest BCUT2D eigenvalue weighted by atomic mass is 32.1. The molecule has 0 aliphatic heterocycles. The van der Waals surface area contributed by atoms with E-state index in [1.165, 1.54) is 0 Å². The molecule has 0 spiro atoms. The Balaban J connectivity index is 1.56. The van der Waals surface area contributed by atoms with Crippen LogP contribution in [0, 0.1) is 0 Å². The molecule has 0 aliphatic carbocycles. The van der Waals surface area contributed by atoms with Gasteiger partial charge in [-0.2, -0.15) is 0 Å². The van der Waals surface area contributed by atoms with E-state index >= 15 is 0 Å². The van der Waals surface area contributed by atoms with Crippen LogP contribution < -0.4 is 10.1 Å². The van der Waals surface area contributed by atoms with Gasteiger partial charge in [-0.1, -0.05) is 12.1 Å². The molecule has 2 heterocycles. The third-order valence-corrected chi connectivity index (χ3v) is 5.15. The number of nitrogens with one attached hydrogen (secondary N) is 1. The van der Waals surface area contributed by atoms with Crippen molar-refractivity contribution in [1.82, 2.24) is 14.8 Å². The first-order valence-corrected chi connectivity index (χ1v) is 9.05. The molecule has 3 rings (SSSR count). The molecule has 1 N–H and O–H groups in total. The molecule has 0 atom stereocenters. The van der Waals surface area contributed by atoms with Crippen LogP contribution in [-0.2, 0) is 18.4 Å². The van der Waals surface area contributed by atoms with Crippen molar-refractivity contribution in [2.24, 2.45) is 7.05 Å². The number of carbonyl (C=O) groups excluding carboxylic acids is 2. The first-order chi connectivity index (χ1) is 12.5. The van der Waals surface area contributed by atoms with Crippen molar-refractivity contribution in [1.29, 1.82) is 0 Å². The minimum atomic E-state index is -0.248. The summed E-state index contributed by atoms with van der Waals surface area (Å²) in [6.07, 6.45) is 0. The lowest BCUT2D eigenvalue weighted by atomic mass is 10.2. The molecule has 2 amide bonds. The zero-order valence-corrected chi connectivity index (χ0v) is 15.8. The minimum Gasteiger partial charge on any atom is -0.497 e. The number of fused-ring (bicyclic) bond motifs is 1. The number of thiophene rings is 1. The molecule has 0 bridgehead atoms. The largest absolute Gasteiger partial charge is 0.497 e. The fourth-order valence-corrected chi connectivity index (χ4v) is 3.59. The molecule has 0 unspecified atom stereocenters. The van der Waals surface area contributed by atoms with Gasteiger partial charge in [0.05, 0.1) is 23.9 Å². The van der Waals surface area contributed by atoms with Crippen LogP contribution in [0.3, 0.4) is 0 Å². The molecule has 0 aliphatic rings. The molecular formula is C19H21N3O3S. The van der Waals surface area contributed by atoms with Crippen LogP contribution >= 0.6 is 11.3 Å². The lowest BCUT2D eigenvalue weighted by molar-refractivity contribution is -0.129. The van der Waals surface area contributed by atoms with Crippen molar-refractivity contribution in [3.63, 3.8) is 0 Å². The fourth-order valence-electron chi connectivity index (χ4n) is 2.74. The summed E-state index contributed by atoms with van der Waals surface area (Å²) in [6, 6.07) is 11.4. The number of aromatic nitrogens is 1. The fraction of sp³-hybridized carbons (Fsp3) is 0.263. The van der Waals surface area contributed by atoms with E-state index in [-0.39, 0.29) is 18.4 Å². The highest BCUT2D eigenvalue weighted by Gasteiger charge is 2.16. The van der Waals surface area contributed by atoms with Crippen LogP contribution in [0.1, 0.15) is 16.1 Å². The molecule has 0 saturated carbocycles. The first-order valence-electron chi connectivity index (χ1n) is 8.17. The molecule has 0 saturated heterocycles. The van der Waals surface area contributed by atoms with Gasteiger partial charge in [0.25, 0.3) is 5.91 Å². The van der Waals surface area contributed by atoms with Crippen molar-refractivity contribution in [2.75, 3.05) is 20.7 Å². The second kappa shape index (κ2) is 7.61. The number of methoxy groups -OCH3 is 1. The summed E-state index contributed by atoms with van der Waals surface area (Å²) in [4.78, 5) is 26.3. The Kier molecular flexibility index (Phi) is 5.27. The van der Waals surface area contributed by atoms with Crippen molar-refractivity contribution < 1.29 is 14.3 Å². The number of nitrogens with zero attached hydrogens (tertiary/aromatic N) is 2. The van der Waals surface area contributed by atoms with Crippen LogP contribution in [-0.4, -0.2) is 42.0 Å². The zero-order valence-electron chi connectivity index (χ0n) is 15.0. The smallest absolute Gasteiger partial charge is 0.268 e. The van der Waals surface area contributed by atoms with E-state index in [0.717, 1.165) is 21.5 Å². The Morgan fingerprint density at radius 1 is 1.23 bits per heavy atom. The van der Waals surface area contributed by atoms with Crippen molar-refractivity contribution >= 4 is 33.4 Å². The Morgan fingerprint density at radius 2 is 1.96 bits per heavy atom. The van der Waals surface area contributed by atoms with E-state index in [0.29, 0.717) is 12.2 Å². The summed E-state index contributed by atoms with van der Waals surface area (Å²) in [5.41, 5.74) is 2.57. The van der Waals surface area contributed by atoms with Gasteiger partial charge in [-0.3, -0.25) is 9.59 Å². The minimum absolute atomic E-state index is 0.0374. The highest BCUT2D eigenvalue weighted by molar-refractivity contribution is 7.17. The number of carbonyl (C=O) groups is 2.